The number of methoxy groups -OCH3 is 1. The fourth-order valence-corrected chi connectivity index (χ4v) is 2.62. The lowest BCUT2D eigenvalue weighted by atomic mass is 9.86. The topological polar surface area (TPSA) is 55.4 Å². The molecule has 0 heterocycles. The molecule has 2 aromatic carbocycles. The number of amides is 1. The maximum atomic E-state index is 12.5. The Hall–Kier alpha value is -2.88. The number of benzene rings is 2. The lowest BCUT2D eigenvalue weighted by molar-refractivity contribution is -0.142. The van der Waals surface area contributed by atoms with Crippen molar-refractivity contribution in [2.75, 3.05) is 7.11 Å². The van der Waals surface area contributed by atoms with Gasteiger partial charge in [-0.25, -0.2) is 4.79 Å². The van der Waals surface area contributed by atoms with Crippen molar-refractivity contribution < 1.29 is 14.3 Å². The summed E-state index contributed by atoms with van der Waals surface area (Å²) in [6, 6.07) is 16.5. The molecule has 1 amide bonds. The molecule has 142 valence electrons. The van der Waals surface area contributed by atoms with Crippen molar-refractivity contribution in [2.45, 2.75) is 38.6 Å². The van der Waals surface area contributed by atoms with Crippen LogP contribution in [-0.4, -0.2) is 25.0 Å². The summed E-state index contributed by atoms with van der Waals surface area (Å²) in [6.07, 6.45) is 4.13. The highest BCUT2D eigenvalue weighted by molar-refractivity contribution is 5.96. The first-order chi connectivity index (χ1) is 12.8. The van der Waals surface area contributed by atoms with Crippen molar-refractivity contribution in [3.05, 3.63) is 77.4 Å². The SMILES string of the molecule is COC(=O)[C@H](C/C=C/c1ccccc1)NC(=O)c1ccc(C(C)(C)C)cc1. The molecule has 0 aliphatic carbocycles. The van der Waals surface area contributed by atoms with E-state index in [-0.39, 0.29) is 11.3 Å². The Balaban J connectivity index is 2.05. The number of hydrogen-bond donors (Lipinski definition) is 1. The van der Waals surface area contributed by atoms with Gasteiger partial charge in [-0.2, -0.15) is 0 Å². The first kappa shape index (κ1) is 20.4. The van der Waals surface area contributed by atoms with E-state index in [0.29, 0.717) is 12.0 Å². The van der Waals surface area contributed by atoms with Gasteiger partial charge in [0.15, 0.2) is 0 Å². The van der Waals surface area contributed by atoms with Crippen LogP contribution < -0.4 is 5.32 Å². The average molecular weight is 365 g/mol. The summed E-state index contributed by atoms with van der Waals surface area (Å²) in [5.74, 6) is -0.758. The molecule has 0 spiro atoms. The molecule has 0 aliphatic heterocycles. The van der Waals surface area contributed by atoms with Gasteiger partial charge in [-0.3, -0.25) is 4.79 Å². The summed E-state index contributed by atoms with van der Waals surface area (Å²) >= 11 is 0. The standard InChI is InChI=1S/C23H27NO3/c1-23(2,3)19-15-13-18(14-16-19)21(25)24-20(22(26)27-4)12-8-11-17-9-6-5-7-10-17/h5-11,13-16,20H,12H2,1-4H3,(H,24,25)/b11-8+/t20-/m0/s1. The van der Waals surface area contributed by atoms with Gasteiger partial charge in [0.05, 0.1) is 7.11 Å². The molecule has 0 saturated heterocycles. The number of hydrogen-bond acceptors (Lipinski definition) is 3. The van der Waals surface area contributed by atoms with Gasteiger partial charge in [-0.1, -0.05) is 75.4 Å². The number of rotatable bonds is 6. The lowest BCUT2D eigenvalue weighted by Crippen LogP contribution is -2.41. The van der Waals surface area contributed by atoms with Crippen LogP contribution in [0.3, 0.4) is 0 Å². The Morgan fingerprint density at radius 2 is 1.67 bits per heavy atom. The maximum absolute atomic E-state index is 12.5. The fourth-order valence-electron chi connectivity index (χ4n) is 2.62. The molecule has 2 rings (SSSR count). The molecule has 1 N–H and O–H groups in total. The number of carbonyl (C=O) groups is 2. The van der Waals surface area contributed by atoms with Crippen LogP contribution in [0.5, 0.6) is 0 Å². The maximum Gasteiger partial charge on any atom is 0.328 e. The molecule has 4 nitrogen and oxygen atoms in total. The predicted octanol–water partition coefficient (Wildman–Crippen LogP) is 4.36. The van der Waals surface area contributed by atoms with E-state index in [4.69, 9.17) is 4.74 Å². The van der Waals surface area contributed by atoms with Crippen LogP contribution in [0.4, 0.5) is 0 Å². The molecule has 4 heteroatoms. The van der Waals surface area contributed by atoms with Crippen molar-refractivity contribution in [2.24, 2.45) is 0 Å². The normalized spacial score (nSPS) is 12.6. The van der Waals surface area contributed by atoms with Crippen LogP contribution in [0.15, 0.2) is 60.7 Å². The van der Waals surface area contributed by atoms with Gasteiger partial charge in [0, 0.05) is 5.56 Å². The smallest absolute Gasteiger partial charge is 0.328 e. The van der Waals surface area contributed by atoms with Crippen LogP contribution in [0.2, 0.25) is 0 Å². The Morgan fingerprint density at radius 3 is 2.22 bits per heavy atom. The van der Waals surface area contributed by atoms with Gasteiger partial charge in [0.2, 0.25) is 0 Å². The Labute approximate surface area is 161 Å². The van der Waals surface area contributed by atoms with E-state index in [1.807, 2.05) is 54.6 Å². The average Bonchev–Trinajstić information content (AvgIpc) is 2.66. The molecule has 2 aromatic rings. The molecule has 0 saturated carbocycles. The molecule has 1 atom stereocenters. The van der Waals surface area contributed by atoms with E-state index in [9.17, 15) is 9.59 Å². The third-order valence-corrected chi connectivity index (χ3v) is 4.29. The molecular formula is C23H27NO3. The molecule has 0 radical (unpaired) electrons. The molecule has 0 bridgehead atoms. The first-order valence-corrected chi connectivity index (χ1v) is 9.02. The summed E-state index contributed by atoms with van der Waals surface area (Å²) in [7, 11) is 1.32. The quantitative estimate of drug-likeness (QED) is 0.774. The zero-order chi connectivity index (χ0) is 19.9. The van der Waals surface area contributed by atoms with Gasteiger partial charge < -0.3 is 10.1 Å². The Bertz CT molecular complexity index is 787. The fraction of sp³-hybridized carbons (Fsp3) is 0.304. The largest absolute Gasteiger partial charge is 0.467 e. The Kier molecular flexibility index (Phi) is 6.94. The highest BCUT2D eigenvalue weighted by atomic mass is 16.5. The summed E-state index contributed by atoms with van der Waals surface area (Å²) in [6.45, 7) is 6.36. The summed E-state index contributed by atoms with van der Waals surface area (Å²) in [5, 5.41) is 2.76. The van der Waals surface area contributed by atoms with Crippen molar-refractivity contribution in [1.82, 2.24) is 5.32 Å². The van der Waals surface area contributed by atoms with Gasteiger partial charge in [-0.15, -0.1) is 0 Å². The van der Waals surface area contributed by atoms with E-state index in [1.165, 1.54) is 7.11 Å². The number of nitrogens with one attached hydrogen (secondary N) is 1. The van der Waals surface area contributed by atoms with Crippen LogP contribution >= 0.6 is 0 Å². The molecule has 0 aliphatic rings. The summed E-state index contributed by atoms with van der Waals surface area (Å²) in [4.78, 5) is 24.6. The second kappa shape index (κ2) is 9.17. The third-order valence-electron chi connectivity index (χ3n) is 4.29. The predicted molar refractivity (Wildman–Crippen MR) is 109 cm³/mol. The van der Waals surface area contributed by atoms with Crippen LogP contribution in [0, 0.1) is 0 Å². The molecular weight excluding hydrogens is 338 g/mol. The van der Waals surface area contributed by atoms with Crippen molar-refractivity contribution in [3.8, 4) is 0 Å². The van der Waals surface area contributed by atoms with E-state index in [2.05, 4.69) is 26.1 Å². The van der Waals surface area contributed by atoms with Gasteiger partial charge in [-0.05, 0) is 35.1 Å². The van der Waals surface area contributed by atoms with Crippen molar-refractivity contribution >= 4 is 18.0 Å². The highest BCUT2D eigenvalue weighted by Gasteiger charge is 2.21. The second-order valence-corrected chi connectivity index (χ2v) is 7.43. The molecule has 27 heavy (non-hydrogen) atoms. The van der Waals surface area contributed by atoms with Crippen molar-refractivity contribution in [1.29, 1.82) is 0 Å². The number of esters is 1. The van der Waals surface area contributed by atoms with E-state index < -0.39 is 12.0 Å². The van der Waals surface area contributed by atoms with E-state index in [0.717, 1.165) is 11.1 Å². The number of carbonyl (C=O) groups excluding carboxylic acids is 2. The van der Waals surface area contributed by atoms with Gasteiger partial charge in [0.25, 0.3) is 5.91 Å². The lowest BCUT2D eigenvalue weighted by Gasteiger charge is -2.19. The molecule has 0 unspecified atom stereocenters. The molecule has 0 fully saturated rings. The van der Waals surface area contributed by atoms with Gasteiger partial charge in [0.1, 0.15) is 6.04 Å². The second-order valence-electron chi connectivity index (χ2n) is 7.43. The van der Waals surface area contributed by atoms with Crippen molar-refractivity contribution in [3.63, 3.8) is 0 Å². The zero-order valence-electron chi connectivity index (χ0n) is 16.4. The third kappa shape index (κ3) is 6.10. The van der Waals surface area contributed by atoms with E-state index in [1.54, 1.807) is 12.1 Å². The minimum atomic E-state index is -0.732. The minimum Gasteiger partial charge on any atom is -0.467 e. The number of ether oxygens (including phenoxy) is 1. The highest BCUT2D eigenvalue weighted by Crippen LogP contribution is 2.22. The Morgan fingerprint density at radius 1 is 1.04 bits per heavy atom. The van der Waals surface area contributed by atoms with Crippen LogP contribution in [0.1, 0.15) is 48.7 Å². The monoisotopic (exact) mass is 365 g/mol. The van der Waals surface area contributed by atoms with Crippen LogP contribution in [-0.2, 0) is 14.9 Å². The minimum absolute atomic E-state index is 0.0196. The first-order valence-electron chi connectivity index (χ1n) is 9.02. The van der Waals surface area contributed by atoms with Crippen LogP contribution in [0.25, 0.3) is 6.08 Å². The zero-order valence-corrected chi connectivity index (χ0v) is 16.4. The summed E-state index contributed by atoms with van der Waals surface area (Å²) < 4.78 is 4.83. The molecule has 0 aromatic heterocycles. The van der Waals surface area contributed by atoms with Gasteiger partial charge >= 0.3 is 5.97 Å². The summed E-state index contributed by atoms with van der Waals surface area (Å²) in [5.41, 5.74) is 2.72. The van der Waals surface area contributed by atoms with E-state index >= 15 is 0 Å².